The molecule has 2 amide bonds. The van der Waals surface area contributed by atoms with Crippen molar-refractivity contribution in [2.75, 3.05) is 0 Å². The Balaban J connectivity index is 0.000000144. The van der Waals surface area contributed by atoms with Crippen molar-refractivity contribution in [3.63, 3.8) is 0 Å². The SMILES string of the molecule is CC(C)(C)OC(=O)N1C2CCC1C(c1cnc(F)c(-c3ccc(S(N)(=O)=O)cc3)c1)C2.CC(C)(C)OC(=O)N1C2CCC1C(c1cnc(F)c(Br)c1)C2.Cl.NS(=O)(=O)c1ccc(-c2cc(C3CC4CCC3N4)cnc2F)cc1.NS(=O)(=O)c1ccc(-c2cc(C3CC4CCC3N4)cnc2F)cc1.NS(=O)(=O)c1ccc(B(O)O)cc1. The second-order valence-corrected chi connectivity index (χ2v) is 39.0. The first-order valence-corrected chi connectivity index (χ1v) is 44.1. The molecule has 16 rings (SSSR count). The van der Waals surface area contributed by atoms with Gasteiger partial charge >= 0.3 is 19.3 Å². The van der Waals surface area contributed by atoms with Crippen LogP contribution < -0.4 is 36.7 Å². The highest BCUT2D eigenvalue weighted by Crippen LogP contribution is 2.50. The van der Waals surface area contributed by atoms with Gasteiger partial charge in [0.25, 0.3) is 0 Å². The number of fused-ring (bicyclic) bond motifs is 8. The van der Waals surface area contributed by atoms with Crippen LogP contribution in [0.1, 0.15) is 165 Å². The molecular weight excluding hydrogens is 1660 g/mol. The monoisotopic (exact) mass is 1750 g/mol. The Morgan fingerprint density at radius 3 is 1.01 bits per heavy atom. The van der Waals surface area contributed by atoms with E-state index in [2.05, 4.69) is 46.5 Å². The van der Waals surface area contributed by atoms with Gasteiger partial charge in [-0.05, 0) is 252 Å². The van der Waals surface area contributed by atoms with Gasteiger partial charge in [-0.1, -0.05) is 48.5 Å². The summed E-state index contributed by atoms with van der Waals surface area (Å²) in [7, 11) is -16.6. The number of pyridine rings is 4. The third-order valence-electron chi connectivity index (χ3n) is 22.0. The maximum atomic E-state index is 14.5. The van der Waals surface area contributed by atoms with Crippen molar-refractivity contribution in [3.05, 3.63) is 197 Å². The van der Waals surface area contributed by atoms with Gasteiger partial charge < -0.3 is 40.0 Å². The number of halogens is 6. The van der Waals surface area contributed by atoms with E-state index in [-0.39, 0.29) is 91.2 Å². The Kier molecular flexibility index (Phi) is 26.7. The number of primary sulfonamides is 4. The quantitative estimate of drug-likeness (QED) is 0.0320. The van der Waals surface area contributed by atoms with Gasteiger partial charge in [0.1, 0.15) is 11.2 Å². The maximum absolute atomic E-state index is 14.5. The molecule has 8 bridgehead atoms. The van der Waals surface area contributed by atoms with Crippen LogP contribution in [0, 0.1) is 23.8 Å². The molecule has 0 aliphatic carbocycles. The van der Waals surface area contributed by atoms with E-state index in [0.717, 1.165) is 86.5 Å². The standard InChI is InChI=1S/C22H26FN3O4S.2C17H18FN3O2S.C16H20BrFN2O2.C6H8BNO4S.ClH/c1-22(2,3)30-21(27)26-15-6-9-19(26)17(11-15)14-10-18(20(23)25-12-14)13-4-7-16(8-5-13)31(24,28)29;2*18-17-15(10-1-4-13(5-2-10)24(19,22)23)7-11(9-20-17)14-8-12-3-6-16(14)21-12;1-16(2,3)22-15(21)20-10-4-5-13(20)11(7-10)9-6-12(17)14(18)19-8-9;8-13(11,12)6-3-1-5(2-4-6)7(9)10;/h4-5,7-8,10,12,15,17,19H,6,9,11H2,1-3H3,(H2,24,28,29);2*1-2,4-5,7,9,12,14,16,21H,3,6,8H2,(H2,19,22,23);6,8,10-11,13H,4-5,7H2,1-3H3;1-4,9-10H,(H2,8,11,12);1H. The Labute approximate surface area is 681 Å². The number of amides is 2. The van der Waals surface area contributed by atoms with Crippen LogP contribution in [0.25, 0.3) is 33.4 Å². The molecule has 0 spiro atoms. The zero-order valence-corrected chi connectivity index (χ0v) is 69.2. The molecule has 26 nitrogen and oxygen atoms in total. The molecule has 8 aliphatic rings. The maximum Gasteiger partial charge on any atom is 0.488 e. The smallest absolute Gasteiger partial charge is 0.444 e. The summed E-state index contributed by atoms with van der Waals surface area (Å²) < 4.78 is 158. The minimum Gasteiger partial charge on any atom is -0.444 e. The second-order valence-electron chi connectivity index (χ2n) is 31.9. The van der Waals surface area contributed by atoms with Gasteiger partial charge in [-0.3, -0.25) is 0 Å². The fraction of sp³-hybridized carbons (Fsp3) is 0.410. The minimum absolute atomic E-state index is 0. The van der Waals surface area contributed by atoms with Crippen LogP contribution in [0.2, 0.25) is 0 Å². The molecule has 12 heterocycles. The molecule has 0 saturated carbocycles. The van der Waals surface area contributed by atoms with Crippen LogP contribution in [-0.2, 0) is 49.6 Å². The number of aromatic nitrogens is 4. The average Bonchev–Trinajstić information content (AvgIpc) is 1.63. The topological polar surface area (TPSA) is 416 Å². The summed E-state index contributed by atoms with van der Waals surface area (Å²) in [6.45, 7) is 11.2. The molecule has 8 aliphatic heterocycles. The van der Waals surface area contributed by atoms with Crippen molar-refractivity contribution in [1.82, 2.24) is 40.4 Å². The van der Waals surface area contributed by atoms with Crippen molar-refractivity contribution in [2.24, 2.45) is 20.6 Å². The molecule has 115 heavy (non-hydrogen) atoms. The highest BCUT2D eigenvalue weighted by atomic mass is 79.9. The molecule has 8 fully saturated rings. The molecule has 12 unspecified atom stereocenters. The highest BCUT2D eigenvalue weighted by molar-refractivity contribution is 9.10. The van der Waals surface area contributed by atoms with E-state index >= 15 is 0 Å². The Morgan fingerprint density at radius 2 is 0.739 bits per heavy atom. The van der Waals surface area contributed by atoms with Gasteiger partial charge in [0.15, 0.2) is 0 Å². The van der Waals surface area contributed by atoms with Crippen molar-refractivity contribution in [1.29, 1.82) is 0 Å². The van der Waals surface area contributed by atoms with Gasteiger partial charge in [0, 0.05) is 113 Å². The van der Waals surface area contributed by atoms with E-state index in [1.165, 1.54) is 91.8 Å². The summed E-state index contributed by atoms with van der Waals surface area (Å²) in [5.74, 6) is -1.29. The molecule has 12 N–H and O–H groups in total. The summed E-state index contributed by atoms with van der Waals surface area (Å²) in [4.78, 5) is 44.4. The van der Waals surface area contributed by atoms with E-state index in [9.17, 15) is 60.8 Å². The zero-order chi connectivity index (χ0) is 82.5. The lowest BCUT2D eigenvalue weighted by Gasteiger charge is -2.28. The number of carbonyl (C=O) groups excluding carboxylic acids is 2. The van der Waals surface area contributed by atoms with Crippen LogP contribution in [-0.4, -0.2) is 152 Å². The van der Waals surface area contributed by atoms with Crippen LogP contribution in [0.4, 0.5) is 27.2 Å². The number of sulfonamides is 4. The number of nitrogens with two attached hydrogens (primary N) is 4. The van der Waals surface area contributed by atoms with Crippen LogP contribution in [0.5, 0.6) is 0 Å². The van der Waals surface area contributed by atoms with E-state index < -0.39 is 82.2 Å². The second kappa shape index (κ2) is 34.9. The molecule has 8 aromatic rings. The first kappa shape index (κ1) is 87.9. The van der Waals surface area contributed by atoms with Crippen molar-refractivity contribution in [3.8, 4) is 33.4 Å². The van der Waals surface area contributed by atoms with Crippen LogP contribution in [0.3, 0.4) is 0 Å². The zero-order valence-electron chi connectivity index (χ0n) is 63.6. The molecule has 4 aromatic heterocycles. The summed E-state index contributed by atoms with van der Waals surface area (Å²) in [5, 5.41) is 44.7. The van der Waals surface area contributed by atoms with Gasteiger partial charge in [-0.25, -0.2) is 83.8 Å². The summed E-state index contributed by atoms with van der Waals surface area (Å²) in [5.41, 5.74) is 5.79. The Morgan fingerprint density at radius 1 is 0.443 bits per heavy atom. The number of benzene rings is 4. The molecular formula is C78H91BBrClF4N12O14S4. The summed E-state index contributed by atoms with van der Waals surface area (Å²) >= 11 is 3.19. The van der Waals surface area contributed by atoms with Gasteiger partial charge in [0.05, 0.1) is 24.1 Å². The normalized spacial score (nSPS) is 23.6. The number of nitrogens with one attached hydrogen (secondary N) is 2. The van der Waals surface area contributed by atoms with Crippen molar-refractivity contribution >= 4 is 93.2 Å². The number of ether oxygens (including phenoxy) is 2. The predicted molar refractivity (Wildman–Crippen MR) is 429 cm³/mol. The van der Waals surface area contributed by atoms with Crippen molar-refractivity contribution in [2.45, 2.75) is 221 Å². The number of carbonyl (C=O) groups is 2. The van der Waals surface area contributed by atoms with Gasteiger partial charge in [-0.15, -0.1) is 12.4 Å². The molecule has 4 aromatic carbocycles. The largest absolute Gasteiger partial charge is 0.488 e. The number of hydrogen-bond acceptors (Lipinski definition) is 20. The van der Waals surface area contributed by atoms with Crippen molar-refractivity contribution < 1.29 is 80.3 Å². The lowest BCUT2D eigenvalue weighted by Crippen LogP contribution is -2.40. The molecule has 0 radical (unpaired) electrons. The predicted octanol–water partition coefficient (Wildman–Crippen LogP) is 10.8. The third-order valence-corrected chi connectivity index (χ3v) is 26.3. The number of nitrogens with zero attached hydrogens (tertiary/aromatic N) is 6. The van der Waals surface area contributed by atoms with E-state index in [4.69, 9.17) is 40.1 Å². The highest BCUT2D eigenvalue weighted by Gasteiger charge is 2.52. The Bertz CT molecular complexity index is 5240. The summed E-state index contributed by atoms with van der Waals surface area (Å²) in [6, 6.07) is 32.1. The van der Waals surface area contributed by atoms with E-state index in [1.54, 1.807) is 55.0 Å². The van der Waals surface area contributed by atoms with Gasteiger partial charge in [-0.2, -0.15) is 17.6 Å². The van der Waals surface area contributed by atoms with E-state index in [1.807, 2.05) is 63.5 Å². The third kappa shape index (κ3) is 21.0. The number of hydrogen-bond donors (Lipinski definition) is 8. The first-order chi connectivity index (χ1) is 53.4. The number of rotatable bonds is 12. The lowest BCUT2D eigenvalue weighted by atomic mass is 9.81. The lowest BCUT2D eigenvalue weighted by molar-refractivity contribution is 0.0201. The fourth-order valence-corrected chi connectivity index (χ4v) is 19.3. The van der Waals surface area contributed by atoms with Crippen LogP contribution in [0.15, 0.2) is 170 Å². The Hall–Kier alpha value is -7.95. The van der Waals surface area contributed by atoms with E-state index in [0.29, 0.717) is 68.3 Å². The summed E-state index contributed by atoms with van der Waals surface area (Å²) in [6.07, 6.45) is 18.0. The molecule has 37 heteroatoms. The van der Waals surface area contributed by atoms with Gasteiger partial charge in [0.2, 0.25) is 63.9 Å². The molecule has 12 atom stereocenters. The fourth-order valence-electron chi connectivity index (χ4n) is 16.8. The van der Waals surface area contributed by atoms with Crippen LogP contribution >= 0.6 is 28.3 Å². The minimum atomic E-state index is -3.83. The molecule has 616 valence electrons. The first-order valence-electron chi connectivity index (χ1n) is 37.1. The average molecular weight is 1750 g/mol. The molecule has 8 saturated heterocycles.